The number of nitrogens with one attached hydrogen (secondary N) is 1. The molecule has 1 rings (SSSR count). The lowest BCUT2D eigenvalue weighted by Gasteiger charge is -2.25. The molecule has 0 aromatic heterocycles. The molecule has 0 bridgehead atoms. The fourth-order valence-electron chi connectivity index (χ4n) is 1.49. The molecule has 0 aliphatic heterocycles. The molecule has 0 amide bonds. The Morgan fingerprint density at radius 3 is 2.37 bits per heavy atom. The third kappa shape index (κ3) is 3.48. The van der Waals surface area contributed by atoms with Crippen molar-refractivity contribution >= 4 is 15.9 Å². The summed E-state index contributed by atoms with van der Waals surface area (Å²) in [6, 6.07) is 1.86. The van der Waals surface area contributed by atoms with Gasteiger partial charge < -0.3 is 5.73 Å². The van der Waals surface area contributed by atoms with Crippen LogP contribution in [0.3, 0.4) is 0 Å². The zero-order chi connectivity index (χ0) is 14.8. The molecule has 0 aliphatic carbocycles. The number of nitrogens with zero attached hydrogens (tertiary/aromatic N) is 1. The van der Waals surface area contributed by atoms with Crippen molar-refractivity contribution in [1.29, 1.82) is 5.41 Å². The van der Waals surface area contributed by atoms with Crippen LogP contribution in [0.2, 0.25) is 0 Å². The first kappa shape index (κ1) is 15.5. The smallest absolute Gasteiger partial charge is 0.243 e. The van der Waals surface area contributed by atoms with Gasteiger partial charge in [0.1, 0.15) is 5.84 Å². The molecule has 0 aliphatic rings. The van der Waals surface area contributed by atoms with Gasteiger partial charge in [-0.25, -0.2) is 17.2 Å². The van der Waals surface area contributed by atoms with Crippen molar-refractivity contribution in [3.8, 4) is 0 Å². The number of rotatable bonds is 5. The largest absolute Gasteiger partial charge is 0.387 e. The van der Waals surface area contributed by atoms with Gasteiger partial charge in [0, 0.05) is 6.04 Å². The molecule has 1 aromatic rings. The highest BCUT2D eigenvalue weighted by Crippen LogP contribution is 2.20. The highest BCUT2D eigenvalue weighted by molar-refractivity contribution is 7.89. The van der Waals surface area contributed by atoms with E-state index in [0.29, 0.717) is 6.07 Å². The van der Waals surface area contributed by atoms with Gasteiger partial charge in [-0.2, -0.15) is 4.31 Å². The zero-order valence-corrected chi connectivity index (χ0v) is 11.3. The van der Waals surface area contributed by atoms with Crippen LogP contribution in [0.4, 0.5) is 8.78 Å². The van der Waals surface area contributed by atoms with Crippen LogP contribution < -0.4 is 5.73 Å². The van der Waals surface area contributed by atoms with Crippen LogP contribution in [0.1, 0.15) is 13.8 Å². The topological polar surface area (TPSA) is 87.2 Å². The molecule has 0 spiro atoms. The summed E-state index contributed by atoms with van der Waals surface area (Å²) in [5.74, 6) is -2.70. The first-order chi connectivity index (χ1) is 8.66. The first-order valence-corrected chi connectivity index (χ1v) is 6.90. The number of sulfonamides is 1. The molecule has 0 atom stereocenters. The predicted octanol–water partition coefficient (Wildman–Crippen LogP) is 1.30. The van der Waals surface area contributed by atoms with Gasteiger partial charge in [-0.1, -0.05) is 0 Å². The van der Waals surface area contributed by atoms with E-state index in [1.54, 1.807) is 13.8 Å². The second-order valence-electron chi connectivity index (χ2n) is 4.25. The number of halogens is 2. The van der Waals surface area contributed by atoms with Gasteiger partial charge in [-0.3, -0.25) is 5.41 Å². The summed E-state index contributed by atoms with van der Waals surface area (Å²) < 4.78 is 51.4. The number of hydrogen-bond acceptors (Lipinski definition) is 3. The quantitative estimate of drug-likeness (QED) is 0.633. The SMILES string of the molecule is CC(C)N(CC(=N)N)S(=O)(=O)c1ccc(F)c(F)c1. The van der Waals surface area contributed by atoms with Crippen molar-refractivity contribution in [2.75, 3.05) is 6.54 Å². The number of benzene rings is 1. The average Bonchev–Trinajstić information content (AvgIpc) is 2.28. The molecule has 0 saturated carbocycles. The summed E-state index contributed by atoms with van der Waals surface area (Å²) in [6.07, 6.45) is 0. The molecule has 0 fully saturated rings. The third-order valence-corrected chi connectivity index (χ3v) is 4.42. The molecule has 1 aromatic carbocycles. The monoisotopic (exact) mass is 291 g/mol. The Morgan fingerprint density at radius 1 is 1.37 bits per heavy atom. The van der Waals surface area contributed by atoms with Crippen molar-refractivity contribution in [2.24, 2.45) is 5.73 Å². The van der Waals surface area contributed by atoms with Gasteiger partial charge in [-0.05, 0) is 32.0 Å². The van der Waals surface area contributed by atoms with E-state index in [1.165, 1.54) is 0 Å². The maximum atomic E-state index is 13.1. The maximum Gasteiger partial charge on any atom is 0.243 e. The van der Waals surface area contributed by atoms with Crippen LogP contribution in [0.5, 0.6) is 0 Å². The van der Waals surface area contributed by atoms with Crippen molar-refractivity contribution in [3.63, 3.8) is 0 Å². The standard InChI is InChI=1S/C11H15F2N3O2S/c1-7(2)16(6-11(14)15)19(17,18)8-3-4-9(12)10(13)5-8/h3-5,7H,6H2,1-2H3,(H3,14,15). The van der Waals surface area contributed by atoms with Crippen molar-refractivity contribution in [3.05, 3.63) is 29.8 Å². The Balaban J connectivity index is 3.26. The molecular weight excluding hydrogens is 276 g/mol. The lowest BCUT2D eigenvalue weighted by Crippen LogP contribution is -2.42. The van der Waals surface area contributed by atoms with E-state index in [9.17, 15) is 17.2 Å². The third-order valence-electron chi connectivity index (χ3n) is 2.40. The van der Waals surface area contributed by atoms with Crippen LogP contribution in [0.25, 0.3) is 0 Å². The fraction of sp³-hybridized carbons (Fsp3) is 0.364. The van der Waals surface area contributed by atoms with Crippen LogP contribution in [-0.4, -0.2) is 31.1 Å². The predicted molar refractivity (Wildman–Crippen MR) is 67.3 cm³/mol. The Kier molecular flexibility index (Phi) is 4.59. The molecule has 106 valence electrons. The summed E-state index contributed by atoms with van der Waals surface area (Å²) in [5, 5.41) is 7.17. The number of nitrogens with two attached hydrogens (primary N) is 1. The molecule has 5 nitrogen and oxygen atoms in total. The summed E-state index contributed by atoms with van der Waals surface area (Å²) in [5.41, 5.74) is 5.20. The van der Waals surface area contributed by atoms with Crippen LogP contribution in [-0.2, 0) is 10.0 Å². The molecular formula is C11H15F2N3O2S. The molecule has 8 heteroatoms. The van der Waals surface area contributed by atoms with E-state index < -0.39 is 27.7 Å². The summed E-state index contributed by atoms with van der Waals surface area (Å²) in [7, 11) is -4.03. The van der Waals surface area contributed by atoms with Crippen molar-refractivity contribution in [1.82, 2.24) is 4.31 Å². The lowest BCUT2D eigenvalue weighted by atomic mass is 10.3. The number of hydrogen-bond donors (Lipinski definition) is 2. The second-order valence-corrected chi connectivity index (χ2v) is 6.14. The summed E-state index contributed by atoms with van der Waals surface area (Å²) in [6.45, 7) is 2.89. The van der Waals surface area contributed by atoms with Crippen LogP contribution >= 0.6 is 0 Å². The molecule has 3 N–H and O–H groups in total. The summed E-state index contributed by atoms with van der Waals surface area (Å²) >= 11 is 0. The van der Waals surface area contributed by atoms with Gasteiger partial charge in [0.25, 0.3) is 0 Å². The van der Waals surface area contributed by atoms with Crippen molar-refractivity contribution in [2.45, 2.75) is 24.8 Å². The number of amidine groups is 1. The highest BCUT2D eigenvalue weighted by atomic mass is 32.2. The minimum absolute atomic E-state index is 0.307. The Morgan fingerprint density at radius 2 is 1.95 bits per heavy atom. The van der Waals surface area contributed by atoms with Crippen LogP contribution in [0, 0.1) is 17.0 Å². The molecule has 0 heterocycles. The van der Waals surface area contributed by atoms with E-state index in [0.717, 1.165) is 16.4 Å². The van der Waals surface area contributed by atoms with E-state index in [-0.39, 0.29) is 17.3 Å². The van der Waals surface area contributed by atoms with E-state index in [2.05, 4.69) is 0 Å². The van der Waals surface area contributed by atoms with Gasteiger partial charge in [0.2, 0.25) is 10.0 Å². The normalized spacial score (nSPS) is 12.1. The Bertz CT molecular complexity index is 588. The molecule has 0 unspecified atom stereocenters. The van der Waals surface area contributed by atoms with E-state index >= 15 is 0 Å². The Hall–Kier alpha value is -1.54. The van der Waals surface area contributed by atoms with E-state index in [1.807, 2.05) is 0 Å². The highest BCUT2D eigenvalue weighted by Gasteiger charge is 2.28. The van der Waals surface area contributed by atoms with Crippen molar-refractivity contribution < 1.29 is 17.2 Å². The Labute approximate surface area is 110 Å². The minimum Gasteiger partial charge on any atom is -0.387 e. The second kappa shape index (κ2) is 5.62. The fourth-order valence-corrected chi connectivity index (χ4v) is 3.11. The molecule has 0 radical (unpaired) electrons. The van der Waals surface area contributed by atoms with Gasteiger partial charge in [0.15, 0.2) is 11.6 Å². The molecule has 0 saturated heterocycles. The van der Waals surface area contributed by atoms with Crippen LogP contribution in [0.15, 0.2) is 23.1 Å². The average molecular weight is 291 g/mol. The van der Waals surface area contributed by atoms with Gasteiger partial charge in [0.05, 0.1) is 11.4 Å². The maximum absolute atomic E-state index is 13.1. The van der Waals surface area contributed by atoms with Gasteiger partial charge in [-0.15, -0.1) is 0 Å². The lowest BCUT2D eigenvalue weighted by molar-refractivity contribution is 0.388. The zero-order valence-electron chi connectivity index (χ0n) is 10.5. The first-order valence-electron chi connectivity index (χ1n) is 5.46. The molecule has 19 heavy (non-hydrogen) atoms. The van der Waals surface area contributed by atoms with Gasteiger partial charge >= 0.3 is 0 Å². The minimum atomic E-state index is -4.03. The summed E-state index contributed by atoms with van der Waals surface area (Å²) in [4.78, 5) is -0.374. The van der Waals surface area contributed by atoms with E-state index in [4.69, 9.17) is 11.1 Å².